The van der Waals surface area contributed by atoms with Gasteiger partial charge in [0.2, 0.25) is 5.91 Å². The van der Waals surface area contributed by atoms with Crippen LogP contribution < -0.4 is 10.1 Å². The highest BCUT2D eigenvalue weighted by molar-refractivity contribution is 5.94. The lowest BCUT2D eigenvalue weighted by Gasteiger charge is -2.34. The summed E-state index contributed by atoms with van der Waals surface area (Å²) in [6.45, 7) is 0.788. The average molecular weight is 364 g/mol. The molecule has 5 nitrogen and oxygen atoms in total. The van der Waals surface area contributed by atoms with Crippen LogP contribution in [0.3, 0.4) is 0 Å². The summed E-state index contributed by atoms with van der Waals surface area (Å²) in [6, 6.07) is 17.0. The number of rotatable bonds is 5. The molecular weight excluding hydrogens is 340 g/mol. The first-order valence-electron chi connectivity index (χ1n) is 9.43. The maximum absolute atomic E-state index is 12.9. The van der Waals surface area contributed by atoms with E-state index in [1.54, 1.807) is 7.11 Å². The number of likely N-dealkylation sites (tertiary alicyclic amines) is 1. The van der Waals surface area contributed by atoms with Gasteiger partial charge in [-0.1, -0.05) is 36.4 Å². The van der Waals surface area contributed by atoms with Crippen molar-refractivity contribution in [3.05, 3.63) is 65.7 Å². The van der Waals surface area contributed by atoms with Crippen LogP contribution in [0.5, 0.6) is 5.75 Å². The minimum atomic E-state index is -0.0646. The monoisotopic (exact) mass is 364 g/mol. The number of hydrogen-bond donors (Lipinski definition) is 1. The van der Waals surface area contributed by atoms with Gasteiger partial charge in [-0.25, -0.2) is 0 Å². The Morgan fingerprint density at radius 3 is 2.56 bits per heavy atom. The predicted molar refractivity (Wildman–Crippen MR) is 103 cm³/mol. The van der Waals surface area contributed by atoms with Gasteiger partial charge in [-0.2, -0.15) is 0 Å². The molecular formula is C22H24N2O3. The highest BCUT2D eigenvalue weighted by atomic mass is 16.5. The highest BCUT2D eigenvalue weighted by Gasteiger charge is 2.47. The number of nitrogens with one attached hydrogen (secondary N) is 1. The van der Waals surface area contributed by atoms with Gasteiger partial charge in [0.05, 0.1) is 19.6 Å². The number of ether oxygens (including phenoxy) is 1. The van der Waals surface area contributed by atoms with Crippen molar-refractivity contribution in [1.29, 1.82) is 0 Å². The summed E-state index contributed by atoms with van der Waals surface area (Å²) in [5.41, 5.74) is 1.56. The zero-order valence-corrected chi connectivity index (χ0v) is 15.4. The van der Waals surface area contributed by atoms with Gasteiger partial charge in [0.15, 0.2) is 0 Å². The fraction of sp³-hybridized carbons (Fsp3) is 0.364. The minimum absolute atomic E-state index is 0.0260. The Morgan fingerprint density at radius 1 is 1.07 bits per heavy atom. The van der Waals surface area contributed by atoms with Crippen molar-refractivity contribution in [1.82, 2.24) is 10.2 Å². The number of benzene rings is 2. The molecule has 2 amide bonds. The molecule has 1 saturated carbocycles. The van der Waals surface area contributed by atoms with E-state index in [1.165, 1.54) is 0 Å². The number of carbonyl (C=O) groups is 2. The number of fused-ring (bicyclic) bond motifs is 2. The zero-order chi connectivity index (χ0) is 18.8. The molecule has 2 bridgehead atoms. The van der Waals surface area contributed by atoms with Crippen molar-refractivity contribution in [2.24, 2.45) is 5.92 Å². The van der Waals surface area contributed by atoms with Crippen LogP contribution in [0.4, 0.5) is 0 Å². The predicted octanol–water partition coefficient (Wildman–Crippen LogP) is 2.66. The Balaban J connectivity index is 1.43. The largest absolute Gasteiger partial charge is 0.496 e. The molecule has 2 aliphatic rings. The standard InChI is InChI=1S/C22H24N2O3/c1-27-20-10-6-5-9-17(20)13-21(25)24-14-15-11-18(19(24)12-15)23-22(26)16-7-3-2-4-8-16/h2-10,15,18-19H,11-14H2,1H3,(H,23,26). The maximum Gasteiger partial charge on any atom is 0.251 e. The second-order valence-electron chi connectivity index (χ2n) is 7.39. The Labute approximate surface area is 159 Å². The van der Waals surface area contributed by atoms with Gasteiger partial charge >= 0.3 is 0 Å². The van der Waals surface area contributed by atoms with Crippen LogP contribution in [0.25, 0.3) is 0 Å². The van der Waals surface area contributed by atoms with Gasteiger partial charge in [-0.05, 0) is 37.0 Å². The molecule has 1 aliphatic carbocycles. The van der Waals surface area contributed by atoms with Crippen LogP contribution in [0.2, 0.25) is 0 Å². The highest BCUT2D eigenvalue weighted by Crippen LogP contribution is 2.38. The van der Waals surface area contributed by atoms with E-state index in [0.717, 1.165) is 30.7 Å². The number of nitrogens with zero attached hydrogens (tertiary/aromatic N) is 1. The van der Waals surface area contributed by atoms with Crippen molar-refractivity contribution >= 4 is 11.8 Å². The van der Waals surface area contributed by atoms with E-state index in [2.05, 4.69) is 5.32 Å². The van der Waals surface area contributed by atoms with E-state index in [-0.39, 0.29) is 23.9 Å². The fourth-order valence-corrected chi connectivity index (χ4v) is 4.42. The molecule has 1 N–H and O–H groups in total. The number of piperidine rings is 1. The first-order chi connectivity index (χ1) is 13.2. The van der Waals surface area contributed by atoms with Gasteiger partial charge in [-0.15, -0.1) is 0 Å². The van der Waals surface area contributed by atoms with E-state index in [4.69, 9.17) is 4.74 Å². The van der Waals surface area contributed by atoms with Crippen LogP contribution in [-0.2, 0) is 11.2 Å². The van der Waals surface area contributed by atoms with Crippen molar-refractivity contribution in [3.63, 3.8) is 0 Å². The third kappa shape index (κ3) is 3.54. The molecule has 1 aliphatic heterocycles. The minimum Gasteiger partial charge on any atom is -0.496 e. The van der Waals surface area contributed by atoms with Crippen LogP contribution in [0, 0.1) is 5.92 Å². The Bertz CT molecular complexity index is 836. The topological polar surface area (TPSA) is 58.6 Å². The quantitative estimate of drug-likeness (QED) is 0.887. The molecule has 3 atom stereocenters. The number of amides is 2. The van der Waals surface area contributed by atoms with Crippen LogP contribution in [-0.4, -0.2) is 42.5 Å². The number of hydrogen-bond acceptors (Lipinski definition) is 3. The van der Waals surface area contributed by atoms with Crippen molar-refractivity contribution in [3.8, 4) is 5.75 Å². The van der Waals surface area contributed by atoms with E-state index >= 15 is 0 Å². The van der Waals surface area contributed by atoms with Crippen molar-refractivity contribution < 1.29 is 14.3 Å². The van der Waals surface area contributed by atoms with Crippen molar-refractivity contribution in [2.45, 2.75) is 31.3 Å². The van der Waals surface area contributed by atoms with Crippen LogP contribution in [0.1, 0.15) is 28.8 Å². The molecule has 1 heterocycles. The first kappa shape index (κ1) is 17.6. The zero-order valence-electron chi connectivity index (χ0n) is 15.4. The SMILES string of the molecule is COc1ccccc1CC(=O)N1CC2CC(NC(=O)c3ccccc3)C1C2. The number of para-hydroxylation sites is 1. The maximum atomic E-state index is 12.9. The molecule has 27 heavy (non-hydrogen) atoms. The third-order valence-electron chi connectivity index (χ3n) is 5.69. The summed E-state index contributed by atoms with van der Waals surface area (Å²) >= 11 is 0. The molecule has 4 rings (SSSR count). The first-order valence-corrected chi connectivity index (χ1v) is 9.43. The summed E-state index contributed by atoms with van der Waals surface area (Å²) in [5.74, 6) is 1.25. The lowest BCUT2D eigenvalue weighted by molar-refractivity contribution is -0.132. The number of methoxy groups -OCH3 is 1. The molecule has 2 aromatic rings. The Kier molecular flexibility index (Phi) is 4.84. The van der Waals surface area contributed by atoms with Gasteiger partial charge in [0, 0.05) is 23.7 Å². The molecule has 2 fully saturated rings. The molecule has 0 aromatic heterocycles. The molecule has 5 heteroatoms. The Morgan fingerprint density at radius 2 is 1.81 bits per heavy atom. The van der Waals surface area contributed by atoms with E-state index in [1.807, 2.05) is 59.5 Å². The molecule has 2 aromatic carbocycles. The van der Waals surface area contributed by atoms with Crippen molar-refractivity contribution in [2.75, 3.05) is 13.7 Å². The van der Waals surface area contributed by atoms with Gasteiger partial charge in [0.1, 0.15) is 5.75 Å². The summed E-state index contributed by atoms with van der Waals surface area (Å²) in [7, 11) is 1.62. The second-order valence-corrected chi connectivity index (χ2v) is 7.39. The van der Waals surface area contributed by atoms with Crippen LogP contribution >= 0.6 is 0 Å². The third-order valence-corrected chi connectivity index (χ3v) is 5.69. The molecule has 3 unspecified atom stereocenters. The normalized spacial score (nSPS) is 23.3. The van der Waals surface area contributed by atoms with E-state index in [9.17, 15) is 9.59 Å². The smallest absolute Gasteiger partial charge is 0.251 e. The average Bonchev–Trinajstić information content (AvgIpc) is 3.29. The van der Waals surface area contributed by atoms with Gasteiger partial charge in [-0.3, -0.25) is 9.59 Å². The summed E-state index contributed by atoms with van der Waals surface area (Å²) in [6.07, 6.45) is 2.24. The van der Waals surface area contributed by atoms with E-state index in [0.29, 0.717) is 17.9 Å². The fourth-order valence-electron chi connectivity index (χ4n) is 4.42. The molecule has 0 radical (unpaired) electrons. The molecule has 0 spiro atoms. The lowest BCUT2D eigenvalue weighted by atomic mass is 10.0. The molecule has 1 saturated heterocycles. The summed E-state index contributed by atoms with van der Waals surface area (Å²) in [5, 5.41) is 3.14. The summed E-state index contributed by atoms with van der Waals surface area (Å²) in [4.78, 5) is 27.4. The lowest BCUT2D eigenvalue weighted by Crippen LogP contribution is -2.52. The van der Waals surface area contributed by atoms with Gasteiger partial charge in [0.25, 0.3) is 5.91 Å². The van der Waals surface area contributed by atoms with Gasteiger partial charge < -0.3 is 15.0 Å². The molecule has 140 valence electrons. The van der Waals surface area contributed by atoms with Crippen LogP contribution in [0.15, 0.2) is 54.6 Å². The van der Waals surface area contributed by atoms with E-state index < -0.39 is 0 Å². The number of carbonyl (C=O) groups excluding carboxylic acids is 2. The second kappa shape index (κ2) is 7.43. The summed E-state index contributed by atoms with van der Waals surface area (Å²) < 4.78 is 5.37. The Hall–Kier alpha value is -2.82.